The Hall–Kier alpha value is -10.6. The van der Waals surface area contributed by atoms with E-state index in [-0.39, 0.29) is 40.2 Å². The van der Waals surface area contributed by atoms with Crippen molar-refractivity contribution in [1.82, 2.24) is 43.6 Å². The van der Waals surface area contributed by atoms with Crippen molar-refractivity contribution in [3.63, 3.8) is 0 Å². The van der Waals surface area contributed by atoms with Crippen LogP contribution in [0.4, 0.5) is 0 Å². The van der Waals surface area contributed by atoms with Crippen LogP contribution < -0.4 is 0 Å². The quantitative estimate of drug-likeness (QED) is 0.164. The predicted octanol–water partition coefficient (Wildman–Crippen LogP) is 30.4. The minimum absolute atomic E-state index is 0. The maximum absolute atomic E-state index is 5.13. The first-order chi connectivity index (χ1) is 64.6. The monoisotopic (exact) mass is 2120 g/mol. The van der Waals surface area contributed by atoms with Gasteiger partial charge in [0.15, 0.2) is 0 Å². The summed E-state index contributed by atoms with van der Waals surface area (Å²) in [6.45, 7) is 20.1. The smallest absolute Gasteiger partial charge is 0.337 e. The number of imidazole rings is 3. The third-order valence-electron chi connectivity index (χ3n) is 27.4. The summed E-state index contributed by atoms with van der Waals surface area (Å²) in [7, 11) is 0. The van der Waals surface area contributed by atoms with Gasteiger partial charge in [-0.05, 0) is 207 Å². The van der Waals surface area contributed by atoms with Crippen molar-refractivity contribution < 1.29 is 40.2 Å². The Bertz CT molecular complexity index is 5370. The molecule has 7 aliphatic heterocycles. The summed E-state index contributed by atoms with van der Waals surface area (Å²) in [5.41, 5.74) is 40.5. The molecule has 0 radical (unpaired) electrons. The predicted molar refractivity (Wildman–Crippen MR) is 547 cm³/mol. The van der Waals surface area contributed by atoms with E-state index in [0.29, 0.717) is 0 Å². The molecular weight excluding hydrogens is 1990 g/mol. The Morgan fingerprint density at radius 3 is 0.567 bits per heavy atom. The molecule has 13 aliphatic rings. The number of pyridine rings is 3. The zero-order valence-corrected chi connectivity index (χ0v) is 85.7. The van der Waals surface area contributed by atoms with Crippen molar-refractivity contribution >= 4 is 0 Å². The van der Waals surface area contributed by atoms with Crippen LogP contribution in [0.25, 0.3) is 85.0 Å². The number of fused-ring (bicyclic) bond motifs is 6. The average Bonchev–Trinajstić information content (AvgIpc) is 1.59. The van der Waals surface area contributed by atoms with Gasteiger partial charge in [-0.15, -0.1) is 212 Å². The van der Waals surface area contributed by atoms with E-state index in [1.807, 2.05) is 0 Å². The number of aryl methyl sites for hydroxylation is 21. The summed E-state index contributed by atoms with van der Waals surface area (Å²) in [4.78, 5) is 29.7. The first kappa shape index (κ1) is 99.3. The second kappa shape index (κ2) is 49.7. The van der Waals surface area contributed by atoms with Gasteiger partial charge in [-0.25, -0.2) is 0 Å². The van der Waals surface area contributed by atoms with Gasteiger partial charge in [-0.2, -0.15) is 0 Å². The first-order valence-corrected chi connectivity index (χ1v) is 50.0. The van der Waals surface area contributed by atoms with Crippen molar-refractivity contribution in [2.75, 3.05) is 0 Å². The van der Waals surface area contributed by atoms with Gasteiger partial charge in [0, 0.05) is 71.3 Å². The van der Waals surface area contributed by atoms with Gasteiger partial charge < -0.3 is 28.7 Å². The Morgan fingerprint density at radius 2 is 0.381 bits per heavy atom. The van der Waals surface area contributed by atoms with Crippen molar-refractivity contribution in [3.05, 3.63) is 373 Å². The van der Waals surface area contributed by atoms with Crippen LogP contribution in [0.3, 0.4) is 0 Å². The molecule has 9 aromatic carbocycles. The first-order valence-electron chi connectivity index (χ1n) is 50.0. The van der Waals surface area contributed by atoms with Gasteiger partial charge in [0.25, 0.3) is 0 Å². The molecule has 0 N–H and O–H groups in total. The van der Waals surface area contributed by atoms with Gasteiger partial charge in [0.05, 0.1) is 17.5 Å². The number of benzene rings is 9. The Kier molecular flexibility index (Phi) is 36.9. The summed E-state index contributed by atoms with van der Waals surface area (Å²) < 4.78 is 7.31. The molecular formula is C123H135Ir2N9. The molecule has 6 aliphatic carbocycles. The van der Waals surface area contributed by atoms with Crippen LogP contribution >= 0.6 is 0 Å². The fraction of sp³-hybridized carbons (Fsp3) is 0.366. The maximum Gasteiger partial charge on any atom is 3.00 e. The molecule has 690 valence electrons. The summed E-state index contributed by atoms with van der Waals surface area (Å²) >= 11 is 0. The number of hydrogen-bond donors (Lipinski definition) is 0. The zero-order chi connectivity index (χ0) is 90.9. The minimum atomic E-state index is 0. The van der Waals surface area contributed by atoms with Crippen LogP contribution in [-0.4, -0.2) is 43.6 Å². The van der Waals surface area contributed by atoms with E-state index in [1.54, 1.807) is 0 Å². The summed E-state index contributed by atoms with van der Waals surface area (Å²) in [5.74, 6) is 2.94. The molecule has 0 unspecified atom stereocenters. The number of hydrogen-bond acceptors (Lipinski definition) is 6. The van der Waals surface area contributed by atoms with Crippen molar-refractivity contribution in [2.24, 2.45) is 0 Å². The third kappa shape index (κ3) is 26.8. The van der Waals surface area contributed by atoms with E-state index < -0.39 is 0 Å². The Labute approximate surface area is 828 Å². The molecule has 6 aromatic heterocycles. The van der Waals surface area contributed by atoms with E-state index in [4.69, 9.17) is 29.9 Å². The van der Waals surface area contributed by atoms with E-state index in [1.165, 1.54) is 250 Å². The average molecular weight is 2120 g/mol. The second-order valence-electron chi connectivity index (χ2n) is 38.3. The third-order valence-corrected chi connectivity index (χ3v) is 27.4. The van der Waals surface area contributed by atoms with Crippen LogP contribution in [0.1, 0.15) is 271 Å². The van der Waals surface area contributed by atoms with E-state index >= 15 is 0 Å². The molecule has 9 nitrogen and oxygen atoms in total. The van der Waals surface area contributed by atoms with Crippen molar-refractivity contribution in [1.29, 1.82) is 0 Å². The molecule has 0 amide bonds. The molecule has 134 heavy (non-hydrogen) atoms. The molecule has 13 heterocycles. The minimum Gasteiger partial charge on any atom is -0.337 e. The molecule has 0 saturated heterocycles. The molecule has 0 saturated carbocycles. The fourth-order valence-electron chi connectivity index (χ4n) is 20.4. The molecule has 24 bridgehead atoms. The van der Waals surface area contributed by atoms with Gasteiger partial charge in [0.1, 0.15) is 0 Å². The summed E-state index contributed by atoms with van der Waals surface area (Å²) in [6.07, 6.45) is 53.8. The molecule has 11 heteroatoms. The summed E-state index contributed by atoms with van der Waals surface area (Å²) in [6, 6.07) is 88.7. The van der Waals surface area contributed by atoms with Crippen molar-refractivity contribution in [2.45, 2.75) is 293 Å². The topological polar surface area (TPSA) is 92.1 Å². The number of nitrogens with zero attached hydrogens (tertiary/aromatic N) is 9. The van der Waals surface area contributed by atoms with E-state index in [9.17, 15) is 0 Å². The maximum atomic E-state index is 5.13. The van der Waals surface area contributed by atoms with Crippen molar-refractivity contribution in [3.8, 4) is 85.0 Å². The molecule has 28 rings (SSSR count). The largest absolute Gasteiger partial charge is 3.00 e. The van der Waals surface area contributed by atoms with Gasteiger partial charge in [-0.3, -0.25) is 15.0 Å². The molecule has 0 atom stereocenters. The van der Waals surface area contributed by atoms with Crippen LogP contribution in [0, 0.1) is 98.7 Å². The second-order valence-corrected chi connectivity index (χ2v) is 38.3. The fourth-order valence-corrected chi connectivity index (χ4v) is 20.4. The summed E-state index contributed by atoms with van der Waals surface area (Å²) in [5, 5.41) is 0. The van der Waals surface area contributed by atoms with Crippen LogP contribution in [-0.2, 0) is 117 Å². The van der Waals surface area contributed by atoms with Gasteiger partial charge in [-0.1, -0.05) is 244 Å². The Morgan fingerprint density at radius 1 is 0.194 bits per heavy atom. The molecule has 0 fully saturated rings. The zero-order valence-electron chi connectivity index (χ0n) is 80.9. The van der Waals surface area contributed by atoms with Crippen LogP contribution in [0.2, 0.25) is 0 Å². The van der Waals surface area contributed by atoms with Crippen LogP contribution in [0.5, 0.6) is 0 Å². The molecule has 15 aromatic rings. The standard InChI is InChI=1S/C72H81N6.C51H54N3.2Ir/c1-49-40-52(4)67(53(5)41-49)76-64-25-19-13-10-16-23-59-30-36-62(37-31-59)71-74-48-66(78(71)69-56(8)44-51(3)45-57(69)9)27-21-15-12-18-24-60-32-38-63(39-33-60)72-75-47-65(77(72)68-54(6)42-50(2)43-55(68)7)26-20-14-11-17-22-58-28-34-61(35-29-58)70(76)73-46-64;1-4-10-16-43-25-34-49(52-37-43)47-30-21-41(22-31-47)14-8-3-6-12-18-45-27-36-51(54-39-45)48-32-23-42(24-33-48)15-9-2-5-11-17-44-26-35-50(53-38-44)46-28-19-40(13-7-1)20-29-46;;/h28-34,36,38,40-48H,10-27H2,1-9H3;19-28,30,32,34-39H,1-18H2;;/q2*-3;2*+3. The Balaban J connectivity index is 0.000000226. The number of rotatable bonds is 3. The van der Waals surface area contributed by atoms with E-state index in [0.717, 1.165) is 184 Å². The number of aromatic nitrogens is 9. The SMILES string of the molecule is Cc1cc(C)c(-n2c3cnc2-c2[c-]cc(cc2)CCCCCCc2cnc(n2-c2c(C)cc(C)cc2C)-c2[c-]cc(cc2)CCCCCCc2cnc(n2-c2c(C)cc(C)cc2C)-c2[c-]cc(cc2)CCCCCC3)c(C)c1.[Ir+3].[Ir+3].[c-]1cc2ccc1-c1ccc(cn1)CCCCCCc1c[c-]c(cc1)-c1ccc(cn1)CCCCCCc1c[c-]c(cc1)-c1ccc(cn1)CCCCCC2. The van der Waals surface area contributed by atoms with Crippen LogP contribution in [0.15, 0.2) is 219 Å². The van der Waals surface area contributed by atoms with E-state index in [2.05, 4.69) is 332 Å². The normalized spacial score (nSPS) is 14.8. The molecule has 0 spiro atoms. The van der Waals surface area contributed by atoms with Gasteiger partial charge >= 0.3 is 40.2 Å². The van der Waals surface area contributed by atoms with Gasteiger partial charge in [0.2, 0.25) is 0 Å².